The fourth-order valence-electron chi connectivity index (χ4n) is 3.45. The minimum atomic E-state index is -3.58. The zero-order chi connectivity index (χ0) is 21.0. The summed E-state index contributed by atoms with van der Waals surface area (Å²) >= 11 is 6.02. The maximum Gasteiger partial charge on any atom is 0.243 e. The number of rotatable bonds is 6. The summed E-state index contributed by atoms with van der Waals surface area (Å²) in [6.45, 7) is 2.54. The third-order valence-electron chi connectivity index (χ3n) is 5.23. The second-order valence-electron chi connectivity index (χ2n) is 7.14. The predicted molar refractivity (Wildman–Crippen MR) is 112 cm³/mol. The molecule has 0 bridgehead atoms. The lowest BCUT2D eigenvalue weighted by Crippen LogP contribution is -2.43. The van der Waals surface area contributed by atoms with Crippen LogP contribution in [0.1, 0.15) is 31.4 Å². The highest BCUT2D eigenvalue weighted by atomic mass is 35.5. The van der Waals surface area contributed by atoms with Gasteiger partial charge in [-0.2, -0.15) is 4.31 Å². The van der Waals surface area contributed by atoms with E-state index in [9.17, 15) is 13.2 Å². The predicted octanol–water partition coefficient (Wildman–Crippen LogP) is 3.63. The number of carbonyl (C=O) groups excluding carboxylic acids is 1. The second kappa shape index (κ2) is 9.15. The zero-order valence-corrected chi connectivity index (χ0v) is 18.0. The van der Waals surface area contributed by atoms with Gasteiger partial charge >= 0.3 is 0 Å². The van der Waals surface area contributed by atoms with Crippen molar-refractivity contribution in [2.75, 3.05) is 20.2 Å². The molecule has 0 aliphatic carbocycles. The standard InChI is InChI=1S/C21H25ClN2O4S/c1-15(17-4-3-5-18(22)14-17)23-21(25)16-10-12-24(13-11-16)29(26,27)20-8-6-19(28-2)7-9-20/h3-9,14-16H,10-13H2,1-2H3,(H,23,25). The van der Waals surface area contributed by atoms with Crippen LogP contribution in [0.15, 0.2) is 53.4 Å². The molecule has 1 saturated heterocycles. The lowest BCUT2D eigenvalue weighted by atomic mass is 9.96. The summed E-state index contributed by atoms with van der Waals surface area (Å²) in [5, 5.41) is 3.64. The molecule has 0 aromatic heterocycles. The van der Waals surface area contributed by atoms with Crippen molar-refractivity contribution in [2.24, 2.45) is 5.92 Å². The molecule has 156 valence electrons. The van der Waals surface area contributed by atoms with E-state index in [2.05, 4.69) is 5.32 Å². The van der Waals surface area contributed by atoms with Crippen LogP contribution in [-0.2, 0) is 14.8 Å². The van der Waals surface area contributed by atoms with Crippen molar-refractivity contribution >= 4 is 27.5 Å². The van der Waals surface area contributed by atoms with E-state index in [1.54, 1.807) is 30.3 Å². The first-order valence-electron chi connectivity index (χ1n) is 9.51. The van der Waals surface area contributed by atoms with E-state index in [4.69, 9.17) is 16.3 Å². The monoisotopic (exact) mass is 436 g/mol. The normalized spacial score (nSPS) is 16.9. The molecule has 1 N–H and O–H groups in total. The fraction of sp³-hybridized carbons (Fsp3) is 0.381. The maximum absolute atomic E-state index is 12.8. The van der Waals surface area contributed by atoms with Crippen molar-refractivity contribution in [1.82, 2.24) is 9.62 Å². The lowest BCUT2D eigenvalue weighted by molar-refractivity contribution is -0.126. The van der Waals surface area contributed by atoms with E-state index in [1.165, 1.54) is 11.4 Å². The van der Waals surface area contributed by atoms with Gasteiger partial charge in [0.2, 0.25) is 15.9 Å². The smallest absolute Gasteiger partial charge is 0.243 e. The van der Waals surface area contributed by atoms with E-state index in [1.807, 2.05) is 25.1 Å². The maximum atomic E-state index is 12.8. The Balaban J connectivity index is 1.58. The zero-order valence-electron chi connectivity index (χ0n) is 16.5. The van der Waals surface area contributed by atoms with Crippen LogP contribution in [0.4, 0.5) is 0 Å². The Kier molecular flexibility index (Phi) is 6.82. The number of hydrogen-bond acceptors (Lipinski definition) is 4. The van der Waals surface area contributed by atoms with Gasteiger partial charge in [0.25, 0.3) is 0 Å². The molecule has 0 radical (unpaired) electrons. The van der Waals surface area contributed by atoms with E-state index in [0.29, 0.717) is 36.7 Å². The number of carbonyl (C=O) groups is 1. The van der Waals surface area contributed by atoms with Gasteiger partial charge in [-0.25, -0.2) is 8.42 Å². The second-order valence-corrected chi connectivity index (χ2v) is 9.51. The van der Waals surface area contributed by atoms with Crippen LogP contribution in [0.25, 0.3) is 0 Å². The largest absolute Gasteiger partial charge is 0.497 e. The molecule has 8 heteroatoms. The van der Waals surface area contributed by atoms with Crippen molar-refractivity contribution in [2.45, 2.75) is 30.7 Å². The van der Waals surface area contributed by atoms with Crippen LogP contribution in [-0.4, -0.2) is 38.8 Å². The number of halogens is 1. The molecular formula is C21H25ClN2O4S. The Morgan fingerprint density at radius 2 is 1.83 bits per heavy atom. The fourth-order valence-corrected chi connectivity index (χ4v) is 5.11. The van der Waals surface area contributed by atoms with E-state index >= 15 is 0 Å². The molecule has 1 heterocycles. The first-order valence-corrected chi connectivity index (χ1v) is 11.3. The number of sulfonamides is 1. The average molecular weight is 437 g/mol. The summed E-state index contributed by atoms with van der Waals surface area (Å²) in [5.41, 5.74) is 0.936. The third-order valence-corrected chi connectivity index (χ3v) is 7.38. The van der Waals surface area contributed by atoms with Crippen LogP contribution in [0.3, 0.4) is 0 Å². The van der Waals surface area contributed by atoms with Crippen LogP contribution in [0, 0.1) is 5.92 Å². The summed E-state index contributed by atoms with van der Waals surface area (Å²) in [6, 6.07) is 13.6. The SMILES string of the molecule is COc1ccc(S(=O)(=O)N2CCC(C(=O)NC(C)c3cccc(Cl)c3)CC2)cc1. The van der Waals surface area contributed by atoms with Gasteiger partial charge in [-0.05, 0) is 61.7 Å². The van der Waals surface area contributed by atoms with Gasteiger partial charge in [0.1, 0.15) is 5.75 Å². The van der Waals surface area contributed by atoms with E-state index < -0.39 is 10.0 Å². The number of nitrogens with one attached hydrogen (secondary N) is 1. The summed E-state index contributed by atoms with van der Waals surface area (Å²) in [4.78, 5) is 12.9. The molecule has 1 amide bonds. The molecule has 29 heavy (non-hydrogen) atoms. The molecule has 2 aromatic carbocycles. The molecule has 1 aliphatic rings. The minimum Gasteiger partial charge on any atom is -0.497 e. The average Bonchev–Trinajstić information content (AvgIpc) is 2.73. The number of methoxy groups -OCH3 is 1. The van der Waals surface area contributed by atoms with Crippen LogP contribution in [0.5, 0.6) is 5.75 Å². The number of benzene rings is 2. The van der Waals surface area contributed by atoms with Gasteiger partial charge in [0.15, 0.2) is 0 Å². The molecule has 6 nitrogen and oxygen atoms in total. The number of hydrogen-bond donors (Lipinski definition) is 1. The van der Waals surface area contributed by atoms with E-state index in [0.717, 1.165) is 5.56 Å². The quantitative estimate of drug-likeness (QED) is 0.750. The Morgan fingerprint density at radius 3 is 2.41 bits per heavy atom. The van der Waals surface area contributed by atoms with Crippen molar-refractivity contribution in [3.8, 4) is 5.75 Å². The molecule has 1 fully saturated rings. The summed E-state index contributed by atoms with van der Waals surface area (Å²) < 4.78 is 32.2. The number of nitrogens with zero attached hydrogens (tertiary/aromatic N) is 1. The molecule has 1 unspecified atom stereocenters. The third kappa shape index (κ3) is 5.10. The van der Waals surface area contributed by atoms with Gasteiger partial charge in [0, 0.05) is 24.0 Å². The minimum absolute atomic E-state index is 0.0565. The van der Waals surface area contributed by atoms with Gasteiger partial charge in [-0.15, -0.1) is 0 Å². The number of ether oxygens (including phenoxy) is 1. The molecular weight excluding hydrogens is 412 g/mol. The highest BCUT2D eigenvalue weighted by Gasteiger charge is 2.32. The van der Waals surface area contributed by atoms with Crippen molar-refractivity contribution in [3.05, 3.63) is 59.1 Å². The molecule has 2 aromatic rings. The molecule has 3 rings (SSSR count). The summed E-state index contributed by atoms with van der Waals surface area (Å²) in [7, 11) is -2.04. The van der Waals surface area contributed by atoms with Gasteiger partial charge in [0.05, 0.1) is 18.0 Å². The first kappa shape index (κ1) is 21.6. The topological polar surface area (TPSA) is 75.7 Å². The van der Waals surface area contributed by atoms with Gasteiger partial charge in [-0.1, -0.05) is 23.7 Å². The summed E-state index contributed by atoms with van der Waals surface area (Å²) in [6.07, 6.45) is 0.979. The van der Waals surface area contributed by atoms with Gasteiger partial charge < -0.3 is 10.1 Å². The lowest BCUT2D eigenvalue weighted by Gasteiger charge is -2.31. The Labute approximate surface area is 176 Å². The van der Waals surface area contributed by atoms with Crippen molar-refractivity contribution < 1.29 is 17.9 Å². The Bertz CT molecular complexity index is 955. The molecule has 1 atom stereocenters. The first-order chi connectivity index (χ1) is 13.8. The van der Waals surface area contributed by atoms with Crippen LogP contribution in [0.2, 0.25) is 5.02 Å². The number of piperidine rings is 1. The molecule has 0 saturated carbocycles. The van der Waals surface area contributed by atoms with Crippen LogP contribution < -0.4 is 10.1 Å². The van der Waals surface area contributed by atoms with Gasteiger partial charge in [-0.3, -0.25) is 4.79 Å². The summed E-state index contributed by atoms with van der Waals surface area (Å²) in [5.74, 6) is 0.339. The highest BCUT2D eigenvalue weighted by Crippen LogP contribution is 2.26. The van der Waals surface area contributed by atoms with Crippen LogP contribution >= 0.6 is 11.6 Å². The van der Waals surface area contributed by atoms with Crippen molar-refractivity contribution in [1.29, 1.82) is 0 Å². The van der Waals surface area contributed by atoms with E-state index in [-0.39, 0.29) is 22.8 Å². The Hall–Kier alpha value is -2.09. The van der Waals surface area contributed by atoms with Crippen molar-refractivity contribution in [3.63, 3.8) is 0 Å². The Morgan fingerprint density at radius 1 is 1.17 bits per heavy atom. The number of amides is 1. The highest BCUT2D eigenvalue weighted by molar-refractivity contribution is 7.89. The molecule has 1 aliphatic heterocycles. The molecule has 0 spiro atoms.